The summed E-state index contributed by atoms with van der Waals surface area (Å²) in [5, 5.41) is 0. The van der Waals surface area contributed by atoms with Gasteiger partial charge < -0.3 is 24.7 Å². The monoisotopic (exact) mass is 471 g/mol. The molecule has 11 nitrogen and oxygen atoms in total. The lowest BCUT2D eigenvalue weighted by Crippen LogP contribution is -2.48. The third kappa shape index (κ3) is 6.06. The molecule has 1 aromatic heterocycles. The third-order valence-corrected chi connectivity index (χ3v) is 4.77. The average Bonchev–Trinajstić information content (AvgIpc) is 2.97. The first kappa shape index (κ1) is 26.2. The van der Waals surface area contributed by atoms with E-state index < -0.39 is 72.2 Å². The number of aromatic nitrogens is 2. The van der Waals surface area contributed by atoms with E-state index >= 15 is 4.39 Å². The minimum atomic E-state index is -2.93. The Morgan fingerprint density at radius 1 is 1.09 bits per heavy atom. The summed E-state index contributed by atoms with van der Waals surface area (Å²) in [6, 6.07) is 1.26. The van der Waals surface area contributed by atoms with Gasteiger partial charge in [0.25, 0.3) is 5.85 Å². The summed E-state index contributed by atoms with van der Waals surface area (Å²) in [6.07, 6.45) is -3.84. The Morgan fingerprint density at radius 3 is 2.15 bits per heavy atom. The Bertz CT molecular complexity index is 948. The van der Waals surface area contributed by atoms with E-state index in [9.17, 15) is 19.2 Å². The van der Waals surface area contributed by atoms with Crippen LogP contribution in [0.15, 0.2) is 17.1 Å². The second kappa shape index (κ2) is 10.3. The van der Waals surface area contributed by atoms with E-state index in [-0.39, 0.29) is 5.82 Å². The summed E-state index contributed by atoms with van der Waals surface area (Å²) in [5.41, 5.74) is 4.60. The van der Waals surface area contributed by atoms with Gasteiger partial charge in [-0.05, 0) is 6.07 Å². The highest BCUT2D eigenvalue weighted by Gasteiger charge is 2.62. The van der Waals surface area contributed by atoms with Crippen LogP contribution in [-0.4, -0.2) is 52.1 Å². The summed E-state index contributed by atoms with van der Waals surface area (Å²) in [5.74, 6) is -7.16. The van der Waals surface area contributed by atoms with Crippen LogP contribution >= 0.6 is 0 Å². The molecule has 1 fully saturated rings. The largest absolute Gasteiger partial charge is 0.459 e. The van der Waals surface area contributed by atoms with Gasteiger partial charge >= 0.3 is 23.6 Å². The summed E-state index contributed by atoms with van der Waals surface area (Å²) in [4.78, 5) is 52.7. The fourth-order valence-electron chi connectivity index (χ4n) is 2.82. The standard InChI is InChI=1S/C21H30FN3O8/c1-10(2)17(26)30-9-21(22)15(32-19(28)12(5)6)14(31-18(27)11(3)4)16(33-21)25-8-7-13(23)24-20(25)29/h7-8,10-12,14-16H,9H2,1-6H3,(H2,23,24,29)/t14-,15+,16-,21-/m1/s1. The molecule has 2 rings (SSSR count). The van der Waals surface area contributed by atoms with E-state index in [1.807, 2.05) is 0 Å². The minimum absolute atomic E-state index is 0.0925. The lowest BCUT2D eigenvalue weighted by molar-refractivity contribution is -0.226. The maximum Gasteiger partial charge on any atom is 0.351 e. The minimum Gasteiger partial charge on any atom is -0.459 e. The fourth-order valence-corrected chi connectivity index (χ4v) is 2.82. The molecule has 0 radical (unpaired) electrons. The van der Waals surface area contributed by atoms with Crippen LogP contribution in [0.2, 0.25) is 0 Å². The van der Waals surface area contributed by atoms with Gasteiger partial charge in [-0.15, -0.1) is 0 Å². The zero-order valence-corrected chi connectivity index (χ0v) is 19.4. The number of nitrogens with two attached hydrogens (primary N) is 1. The number of hydrogen-bond acceptors (Lipinski definition) is 10. The SMILES string of the molecule is CC(C)C(=O)OC[C@@]1(F)O[C@@H](n2ccc(N)nc2=O)[C@H](OC(=O)C(C)C)[C@@H]1OC(=O)C(C)C. The first-order valence-corrected chi connectivity index (χ1v) is 10.6. The van der Waals surface area contributed by atoms with Gasteiger partial charge in [-0.1, -0.05) is 41.5 Å². The van der Waals surface area contributed by atoms with E-state index in [4.69, 9.17) is 24.7 Å². The molecule has 2 heterocycles. The number of nitrogen functional groups attached to an aromatic ring is 1. The van der Waals surface area contributed by atoms with Crippen molar-refractivity contribution in [2.24, 2.45) is 17.8 Å². The van der Waals surface area contributed by atoms with Crippen molar-refractivity contribution in [1.82, 2.24) is 9.55 Å². The molecule has 1 aliphatic rings. The third-order valence-electron chi connectivity index (χ3n) is 4.77. The van der Waals surface area contributed by atoms with Crippen LogP contribution < -0.4 is 11.4 Å². The summed E-state index contributed by atoms with van der Waals surface area (Å²) in [7, 11) is 0. The second-order valence-electron chi connectivity index (χ2n) is 8.67. The highest BCUT2D eigenvalue weighted by molar-refractivity contribution is 5.73. The molecule has 4 atom stereocenters. The molecular weight excluding hydrogens is 441 g/mol. The molecule has 0 unspecified atom stereocenters. The number of carbonyl (C=O) groups excluding carboxylic acids is 3. The van der Waals surface area contributed by atoms with Crippen molar-refractivity contribution in [2.45, 2.75) is 65.8 Å². The van der Waals surface area contributed by atoms with Crippen LogP contribution in [0.1, 0.15) is 47.8 Å². The lowest BCUT2D eigenvalue weighted by atomic mass is 10.1. The first-order valence-electron chi connectivity index (χ1n) is 10.6. The van der Waals surface area contributed by atoms with Crippen molar-refractivity contribution in [2.75, 3.05) is 12.3 Å². The molecule has 1 aromatic rings. The van der Waals surface area contributed by atoms with Crippen LogP contribution in [0.25, 0.3) is 0 Å². The van der Waals surface area contributed by atoms with E-state index in [1.165, 1.54) is 26.1 Å². The van der Waals surface area contributed by atoms with Gasteiger partial charge in [0.05, 0.1) is 17.8 Å². The molecule has 33 heavy (non-hydrogen) atoms. The maximum atomic E-state index is 16.1. The second-order valence-corrected chi connectivity index (χ2v) is 8.67. The van der Waals surface area contributed by atoms with Crippen LogP contribution in [0.5, 0.6) is 0 Å². The van der Waals surface area contributed by atoms with E-state index in [0.717, 1.165) is 4.57 Å². The molecule has 0 aromatic carbocycles. The predicted octanol–water partition coefficient (Wildman–Crippen LogP) is 1.35. The van der Waals surface area contributed by atoms with Gasteiger partial charge in [-0.25, -0.2) is 9.18 Å². The van der Waals surface area contributed by atoms with Crippen LogP contribution in [-0.2, 0) is 33.3 Å². The van der Waals surface area contributed by atoms with Crippen molar-refractivity contribution >= 4 is 23.7 Å². The fraction of sp³-hybridized carbons (Fsp3) is 0.667. The molecule has 0 saturated carbocycles. The highest BCUT2D eigenvalue weighted by Crippen LogP contribution is 2.42. The van der Waals surface area contributed by atoms with E-state index in [2.05, 4.69) is 4.98 Å². The molecule has 1 aliphatic heterocycles. The topological polar surface area (TPSA) is 149 Å². The van der Waals surface area contributed by atoms with Gasteiger partial charge in [0.15, 0.2) is 18.9 Å². The van der Waals surface area contributed by atoms with Gasteiger partial charge in [0.2, 0.25) is 6.10 Å². The van der Waals surface area contributed by atoms with E-state index in [1.54, 1.807) is 27.7 Å². The predicted molar refractivity (Wildman–Crippen MR) is 112 cm³/mol. The Labute approximate surface area is 190 Å². The first-order chi connectivity index (χ1) is 15.3. The normalized spacial score (nSPS) is 24.8. The molecule has 0 aliphatic carbocycles. The molecule has 0 spiro atoms. The average molecular weight is 471 g/mol. The summed E-state index contributed by atoms with van der Waals surface area (Å²) < 4.78 is 38.2. The number of ether oxygens (including phenoxy) is 4. The smallest absolute Gasteiger partial charge is 0.351 e. The maximum absolute atomic E-state index is 16.1. The zero-order chi connectivity index (χ0) is 25.1. The molecule has 0 bridgehead atoms. The van der Waals surface area contributed by atoms with Crippen LogP contribution in [0.3, 0.4) is 0 Å². The Hall–Kier alpha value is -3.02. The van der Waals surface area contributed by atoms with Crippen molar-refractivity contribution < 1.29 is 37.7 Å². The number of esters is 3. The molecular formula is C21H30FN3O8. The molecule has 1 saturated heterocycles. The van der Waals surface area contributed by atoms with Crippen molar-refractivity contribution in [3.05, 3.63) is 22.7 Å². The van der Waals surface area contributed by atoms with Gasteiger partial charge in [-0.3, -0.25) is 19.0 Å². The zero-order valence-electron chi connectivity index (χ0n) is 19.4. The Balaban J connectivity index is 2.54. The van der Waals surface area contributed by atoms with Crippen molar-refractivity contribution in [1.29, 1.82) is 0 Å². The number of alkyl halides is 1. The number of carbonyl (C=O) groups is 3. The van der Waals surface area contributed by atoms with Crippen molar-refractivity contribution in [3.63, 3.8) is 0 Å². The quantitative estimate of drug-likeness (QED) is 0.435. The van der Waals surface area contributed by atoms with Crippen LogP contribution in [0.4, 0.5) is 10.2 Å². The molecule has 184 valence electrons. The number of nitrogens with zero attached hydrogens (tertiary/aromatic N) is 2. The van der Waals surface area contributed by atoms with Gasteiger partial charge in [0.1, 0.15) is 5.82 Å². The molecule has 2 N–H and O–H groups in total. The summed E-state index contributed by atoms with van der Waals surface area (Å²) in [6.45, 7) is 8.28. The Kier molecular flexibility index (Phi) is 8.17. The van der Waals surface area contributed by atoms with Gasteiger partial charge in [0, 0.05) is 6.20 Å². The molecule has 12 heteroatoms. The Morgan fingerprint density at radius 2 is 1.64 bits per heavy atom. The molecule has 0 amide bonds. The van der Waals surface area contributed by atoms with Crippen LogP contribution in [0, 0.1) is 17.8 Å². The van der Waals surface area contributed by atoms with E-state index in [0.29, 0.717) is 0 Å². The lowest BCUT2D eigenvalue weighted by Gasteiger charge is -2.28. The number of rotatable bonds is 8. The van der Waals surface area contributed by atoms with Gasteiger partial charge in [-0.2, -0.15) is 4.98 Å². The number of halogens is 1. The summed E-state index contributed by atoms with van der Waals surface area (Å²) >= 11 is 0. The van der Waals surface area contributed by atoms with Crippen molar-refractivity contribution in [3.8, 4) is 0 Å². The highest BCUT2D eigenvalue weighted by atomic mass is 19.2. The number of anilines is 1. The number of hydrogen-bond donors (Lipinski definition) is 1.